The van der Waals surface area contributed by atoms with Gasteiger partial charge < -0.3 is 24.9 Å². The van der Waals surface area contributed by atoms with Crippen molar-refractivity contribution in [3.63, 3.8) is 0 Å². The number of rotatable bonds is 8. The van der Waals surface area contributed by atoms with E-state index in [1.54, 1.807) is 13.2 Å². The van der Waals surface area contributed by atoms with E-state index in [0.717, 1.165) is 22.8 Å². The molecule has 0 radical (unpaired) electrons. The van der Waals surface area contributed by atoms with E-state index in [4.69, 9.17) is 14.3 Å². The third-order valence-electron chi connectivity index (χ3n) is 3.43. The zero-order valence-electron chi connectivity index (χ0n) is 13.4. The van der Waals surface area contributed by atoms with E-state index in [9.17, 15) is 4.79 Å². The van der Waals surface area contributed by atoms with Gasteiger partial charge in [-0.2, -0.15) is 0 Å². The number of carbonyl (C=O) groups is 1. The van der Waals surface area contributed by atoms with E-state index in [1.807, 2.05) is 31.2 Å². The van der Waals surface area contributed by atoms with E-state index >= 15 is 0 Å². The molecule has 1 aromatic heterocycles. The summed E-state index contributed by atoms with van der Waals surface area (Å²) in [6, 6.07) is 9.27. The molecule has 0 unspecified atom stereocenters. The third kappa shape index (κ3) is 4.58. The Morgan fingerprint density at radius 3 is 2.78 bits per heavy atom. The first-order valence-corrected chi connectivity index (χ1v) is 7.44. The first kappa shape index (κ1) is 17.1. The van der Waals surface area contributed by atoms with Gasteiger partial charge in [-0.1, -0.05) is 6.07 Å². The number of ether oxygens (including phenoxy) is 1. The number of amides is 1. The number of aliphatic hydroxyl groups excluding tert-OH is 1. The quantitative estimate of drug-likeness (QED) is 0.694. The fourth-order valence-corrected chi connectivity index (χ4v) is 2.26. The minimum Gasteiger partial charge on any atom is -0.462 e. The monoisotopic (exact) mass is 318 g/mol. The molecule has 1 heterocycles. The molecule has 2 aromatic rings. The van der Waals surface area contributed by atoms with Crippen LogP contribution in [0.2, 0.25) is 0 Å². The number of nitrogens with one attached hydrogen (secondary N) is 2. The van der Waals surface area contributed by atoms with Crippen LogP contribution < -0.4 is 10.6 Å². The Bertz CT molecular complexity index is 652. The lowest BCUT2D eigenvalue weighted by atomic mass is 10.1. The number of benzene rings is 1. The van der Waals surface area contributed by atoms with E-state index < -0.39 is 0 Å². The van der Waals surface area contributed by atoms with Crippen molar-refractivity contribution in [1.29, 1.82) is 0 Å². The minimum atomic E-state index is -0.194. The second kappa shape index (κ2) is 8.36. The van der Waals surface area contributed by atoms with Crippen molar-refractivity contribution < 1.29 is 19.1 Å². The lowest BCUT2D eigenvalue weighted by Gasteiger charge is -2.12. The van der Waals surface area contributed by atoms with Crippen molar-refractivity contribution in [3.05, 3.63) is 53.0 Å². The summed E-state index contributed by atoms with van der Waals surface area (Å²) in [6.45, 7) is 3.01. The van der Waals surface area contributed by atoms with Crippen molar-refractivity contribution >= 4 is 11.6 Å². The lowest BCUT2D eigenvalue weighted by molar-refractivity contribution is 0.0944. The molecule has 0 atom stereocenters. The average molecular weight is 318 g/mol. The molecule has 0 saturated carbocycles. The molecule has 3 N–H and O–H groups in total. The molecule has 0 bridgehead atoms. The summed E-state index contributed by atoms with van der Waals surface area (Å²) in [5.74, 6) is 1.38. The first-order valence-electron chi connectivity index (χ1n) is 7.44. The number of anilines is 1. The van der Waals surface area contributed by atoms with Crippen LogP contribution in [0.1, 0.15) is 27.4 Å². The van der Waals surface area contributed by atoms with Gasteiger partial charge in [-0.05, 0) is 36.8 Å². The lowest BCUT2D eigenvalue weighted by Crippen LogP contribution is -2.27. The molecule has 0 fully saturated rings. The van der Waals surface area contributed by atoms with E-state index in [0.29, 0.717) is 18.7 Å². The summed E-state index contributed by atoms with van der Waals surface area (Å²) < 4.78 is 10.6. The highest BCUT2D eigenvalue weighted by molar-refractivity contribution is 5.97. The summed E-state index contributed by atoms with van der Waals surface area (Å²) in [4.78, 5) is 12.0. The van der Waals surface area contributed by atoms with Gasteiger partial charge in [-0.15, -0.1) is 0 Å². The molecule has 0 saturated heterocycles. The van der Waals surface area contributed by atoms with Gasteiger partial charge in [0.05, 0.1) is 13.2 Å². The van der Waals surface area contributed by atoms with Crippen molar-refractivity contribution in [3.8, 4) is 0 Å². The van der Waals surface area contributed by atoms with Gasteiger partial charge in [0.15, 0.2) is 0 Å². The highest BCUT2D eigenvalue weighted by atomic mass is 16.5. The van der Waals surface area contributed by atoms with E-state index in [-0.39, 0.29) is 19.1 Å². The van der Waals surface area contributed by atoms with Crippen LogP contribution in [0.25, 0.3) is 0 Å². The molecule has 6 heteroatoms. The number of furan rings is 1. The molecule has 2 rings (SSSR count). The Labute approximate surface area is 135 Å². The smallest absolute Gasteiger partial charge is 0.251 e. The van der Waals surface area contributed by atoms with Gasteiger partial charge in [-0.3, -0.25) is 4.79 Å². The minimum absolute atomic E-state index is 0.0783. The first-order chi connectivity index (χ1) is 11.2. The molecular formula is C17H22N2O4. The fourth-order valence-electron chi connectivity index (χ4n) is 2.26. The van der Waals surface area contributed by atoms with E-state index in [1.165, 1.54) is 0 Å². The van der Waals surface area contributed by atoms with Gasteiger partial charge in [0, 0.05) is 24.9 Å². The topological polar surface area (TPSA) is 83.7 Å². The molecule has 0 aliphatic carbocycles. The van der Waals surface area contributed by atoms with Crippen molar-refractivity contribution in [2.75, 3.05) is 25.6 Å². The maximum Gasteiger partial charge on any atom is 0.251 e. The van der Waals surface area contributed by atoms with Crippen LogP contribution in [0.4, 0.5) is 5.69 Å². The molecule has 0 aliphatic heterocycles. The van der Waals surface area contributed by atoms with Gasteiger partial charge in [0.25, 0.3) is 5.91 Å². The standard InChI is InChI=1S/C17H22N2O4/c1-12-15(17(21)18-8-9-20)4-3-5-16(12)19-10-13-6-7-14(23-13)11-22-2/h3-7,19-20H,8-11H2,1-2H3,(H,18,21). The zero-order valence-corrected chi connectivity index (χ0v) is 13.4. The Morgan fingerprint density at radius 1 is 1.26 bits per heavy atom. The summed E-state index contributed by atoms with van der Waals surface area (Å²) in [7, 11) is 1.62. The maximum absolute atomic E-state index is 12.0. The van der Waals surface area contributed by atoms with Gasteiger partial charge in [-0.25, -0.2) is 0 Å². The Hall–Kier alpha value is -2.31. The van der Waals surface area contributed by atoms with Crippen LogP contribution >= 0.6 is 0 Å². The number of aliphatic hydroxyl groups is 1. The van der Waals surface area contributed by atoms with Crippen molar-refractivity contribution in [1.82, 2.24) is 5.32 Å². The molecule has 124 valence electrons. The predicted octanol–water partition coefficient (Wildman–Crippen LogP) is 2.07. The highest BCUT2D eigenvalue weighted by Gasteiger charge is 2.11. The third-order valence-corrected chi connectivity index (χ3v) is 3.43. The molecule has 23 heavy (non-hydrogen) atoms. The molecule has 0 spiro atoms. The Balaban J connectivity index is 2.03. The SMILES string of the molecule is COCc1ccc(CNc2cccc(C(=O)NCCO)c2C)o1. The Morgan fingerprint density at radius 2 is 2.04 bits per heavy atom. The maximum atomic E-state index is 12.0. The van der Waals surface area contributed by atoms with Gasteiger partial charge >= 0.3 is 0 Å². The molecule has 6 nitrogen and oxygen atoms in total. The fraction of sp³-hybridized carbons (Fsp3) is 0.353. The molecule has 0 aliphatic rings. The van der Waals surface area contributed by atoms with E-state index in [2.05, 4.69) is 10.6 Å². The Kier molecular flexibility index (Phi) is 6.19. The van der Waals surface area contributed by atoms with Crippen molar-refractivity contribution in [2.45, 2.75) is 20.1 Å². The number of hydrogen-bond donors (Lipinski definition) is 3. The van der Waals surface area contributed by atoms with Gasteiger partial charge in [0.2, 0.25) is 0 Å². The second-order valence-corrected chi connectivity index (χ2v) is 5.11. The second-order valence-electron chi connectivity index (χ2n) is 5.11. The number of methoxy groups -OCH3 is 1. The summed E-state index contributed by atoms with van der Waals surface area (Å²) in [5.41, 5.74) is 2.31. The molecule has 1 amide bonds. The van der Waals surface area contributed by atoms with Crippen LogP contribution in [0.3, 0.4) is 0 Å². The van der Waals surface area contributed by atoms with Crippen LogP contribution in [-0.2, 0) is 17.9 Å². The van der Waals surface area contributed by atoms with Crippen LogP contribution in [0.5, 0.6) is 0 Å². The summed E-state index contributed by atoms with van der Waals surface area (Å²) >= 11 is 0. The molecular weight excluding hydrogens is 296 g/mol. The average Bonchev–Trinajstić information content (AvgIpc) is 2.99. The summed E-state index contributed by atoms with van der Waals surface area (Å²) in [5, 5.41) is 14.7. The van der Waals surface area contributed by atoms with Crippen LogP contribution in [0, 0.1) is 6.92 Å². The largest absolute Gasteiger partial charge is 0.462 e. The summed E-state index contributed by atoms with van der Waals surface area (Å²) in [6.07, 6.45) is 0. The van der Waals surface area contributed by atoms with Crippen molar-refractivity contribution in [2.24, 2.45) is 0 Å². The number of carbonyl (C=O) groups excluding carboxylic acids is 1. The normalized spacial score (nSPS) is 10.6. The predicted molar refractivity (Wildman–Crippen MR) is 87.3 cm³/mol. The van der Waals surface area contributed by atoms with Crippen LogP contribution in [0.15, 0.2) is 34.7 Å². The van der Waals surface area contributed by atoms with Gasteiger partial charge in [0.1, 0.15) is 18.1 Å². The molecule has 1 aromatic carbocycles. The van der Waals surface area contributed by atoms with Crippen LogP contribution in [-0.4, -0.2) is 31.3 Å². The highest BCUT2D eigenvalue weighted by Crippen LogP contribution is 2.20. The zero-order chi connectivity index (χ0) is 16.7. The number of hydrogen-bond acceptors (Lipinski definition) is 5.